The van der Waals surface area contributed by atoms with Crippen LogP contribution in [0, 0.1) is 0 Å². The maximum Gasteiger partial charge on any atom is 0.236 e. The number of carbonyl (C=O) groups is 1. The van der Waals surface area contributed by atoms with Gasteiger partial charge in [-0.1, -0.05) is 0 Å². The Morgan fingerprint density at radius 2 is 2.15 bits per heavy atom. The third-order valence-corrected chi connectivity index (χ3v) is 5.40. The van der Waals surface area contributed by atoms with Crippen LogP contribution in [0.4, 0.5) is 0 Å². The second-order valence-electron chi connectivity index (χ2n) is 5.45. The number of carbonyl (C=O) groups excluding carboxylic acids is 1. The van der Waals surface area contributed by atoms with E-state index in [1.165, 1.54) is 4.88 Å². The maximum atomic E-state index is 12.3. The Morgan fingerprint density at radius 3 is 2.65 bits per heavy atom. The minimum absolute atomic E-state index is 0.0167. The van der Waals surface area contributed by atoms with Gasteiger partial charge in [-0.2, -0.15) is 0 Å². The van der Waals surface area contributed by atoms with E-state index in [-0.39, 0.29) is 18.0 Å². The Balaban J connectivity index is 2.03. The van der Waals surface area contributed by atoms with Gasteiger partial charge in [-0.15, -0.1) is 11.3 Å². The molecule has 1 aliphatic rings. The molecule has 1 fully saturated rings. The largest absolute Gasteiger partial charge is 0.342 e. The Hall–Kier alpha value is -0.430. The molecule has 2 atom stereocenters. The van der Waals surface area contributed by atoms with Gasteiger partial charge in [0.25, 0.3) is 0 Å². The van der Waals surface area contributed by atoms with Gasteiger partial charge in [0, 0.05) is 24.0 Å². The SMILES string of the molecule is CC(N)C(c1ccc(Br)s1)N(C)CC(=O)N1CCCC1. The zero-order valence-electron chi connectivity index (χ0n) is 12.0. The van der Waals surface area contributed by atoms with Gasteiger partial charge in [-0.25, -0.2) is 0 Å². The van der Waals surface area contributed by atoms with Crippen LogP contribution < -0.4 is 5.73 Å². The van der Waals surface area contributed by atoms with Crippen molar-refractivity contribution in [3.05, 3.63) is 20.8 Å². The van der Waals surface area contributed by atoms with Crippen molar-refractivity contribution in [2.75, 3.05) is 26.7 Å². The highest BCUT2D eigenvalue weighted by Crippen LogP contribution is 2.31. The quantitative estimate of drug-likeness (QED) is 0.878. The van der Waals surface area contributed by atoms with Crippen LogP contribution in [0.5, 0.6) is 0 Å². The molecule has 1 aromatic rings. The molecule has 1 saturated heterocycles. The van der Waals surface area contributed by atoms with Crippen LogP contribution in [0.3, 0.4) is 0 Å². The summed E-state index contributed by atoms with van der Waals surface area (Å²) in [7, 11) is 1.98. The molecule has 1 aromatic heterocycles. The highest BCUT2D eigenvalue weighted by atomic mass is 79.9. The summed E-state index contributed by atoms with van der Waals surface area (Å²) in [4.78, 5) is 17.5. The molecule has 6 heteroatoms. The normalized spacial score (nSPS) is 18.6. The summed E-state index contributed by atoms with van der Waals surface area (Å²) in [6.07, 6.45) is 2.26. The Kier molecular flexibility index (Phi) is 5.60. The van der Waals surface area contributed by atoms with Crippen molar-refractivity contribution < 1.29 is 4.79 Å². The van der Waals surface area contributed by atoms with E-state index in [2.05, 4.69) is 26.9 Å². The fraction of sp³-hybridized carbons (Fsp3) is 0.643. The van der Waals surface area contributed by atoms with Crippen molar-refractivity contribution >= 4 is 33.2 Å². The zero-order valence-corrected chi connectivity index (χ0v) is 14.4. The summed E-state index contributed by atoms with van der Waals surface area (Å²) in [6, 6.07) is 4.18. The van der Waals surface area contributed by atoms with Crippen LogP contribution in [-0.2, 0) is 4.79 Å². The minimum Gasteiger partial charge on any atom is -0.342 e. The number of nitrogens with two attached hydrogens (primary N) is 1. The lowest BCUT2D eigenvalue weighted by atomic mass is 10.1. The lowest BCUT2D eigenvalue weighted by Gasteiger charge is -2.31. The van der Waals surface area contributed by atoms with Gasteiger partial charge < -0.3 is 10.6 Å². The number of likely N-dealkylation sites (tertiary alicyclic amines) is 1. The van der Waals surface area contributed by atoms with Gasteiger partial charge in [-0.3, -0.25) is 9.69 Å². The molecule has 1 amide bonds. The van der Waals surface area contributed by atoms with Gasteiger partial charge in [0.1, 0.15) is 0 Å². The smallest absolute Gasteiger partial charge is 0.236 e. The Bertz CT molecular complexity index is 457. The first-order chi connectivity index (χ1) is 9.49. The Labute approximate surface area is 133 Å². The first-order valence-corrected chi connectivity index (χ1v) is 8.59. The number of thiophene rings is 1. The predicted molar refractivity (Wildman–Crippen MR) is 86.9 cm³/mol. The van der Waals surface area contributed by atoms with Gasteiger partial charge >= 0.3 is 0 Å². The number of rotatable bonds is 5. The average Bonchev–Trinajstić information content (AvgIpc) is 3.00. The van der Waals surface area contributed by atoms with E-state index in [0.717, 1.165) is 29.7 Å². The highest BCUT2D eigenvalue weighted by Gasteiger charge is 2.26. The molecule has 0 spiro atoms. The molecule has 2 unspecified atom stereocenters. The maximum absolute atomic E-state index is 12.3. The molecule has 0 aromatic carbocycles. The fourth-order valence-electron chi connectivity index (χ4n) is 2.74. The second kappa shape index (κ2) is 7.02. The highest BCUT2D eigenvalue weighted by molar-refractivity contribution is 9.11. The molecule has 0 bridgehead atoms. The second-order valence-corrected chi connectivity index (χ2v) is 7.94. The zero-order chi connectivity index (χ0) is 14.7. The molecule has 0 radical (unpaired) electrons. The summed E-state index contributed by atoms with van der Waals surface area (Å²) in [5.41, 5.74) is 6.13. The van der Waals surface area contributed by atoms with E-state index in [4.69, 9.17) is 5.73 Å². The lowest BCUT2D eigenvalue weighted by molar-refractivity contribution is -0.131. The van der Waals surface area contributed by atoms with E-state index in [1.54, 1.807) is 11.3 Å². The van der Waals surface area contributed by atoms with Crippen LogP contribution in [0.15, 0.2) is 15.9 Å². The molecule has 1 aliphatic heterocycles. The van der Waals surface area contributed by atoms with Crippen molar-refractivity contribution in [3.63, 3.8) is 0 Å². The minimum atomic E-state index is -0.0167. The Morgan fingerprint density at radius 1 is 1.50 bits per heavy atom. The lowest BCUT2D eigenvalue weighted by Crippen LogP contribution is -2.43. The summed E-state index contributed by atoms with van der Waals surface area (Å²) in [6.45, 7) is 4.23. The van der Waals surface area contributed by atoms with Crippen LogP contribution in [0.25, 0.3) is 0 Å². The first kappa shape index (κ1) is 15.9. The van der Waals surface area contributed by atoms with E-state index in [9.17, 15) is 4.79 Å². The summed E-state index contributed by atoms with van der Waals surface area (Å²) in [5, 5.41) is 0. The monoisotopic (exact) mass is 359 g/mol. The summed E-state index contributed by atoms with van der Waals surface area (Å²) >= 11 is 5.17. The molecule has 4 nitrogen and oxygen atoms in total. The van der Waals surface area contributed by atoms with Crippen LogP contribution in [-0.4, -0.2) is 48.4 Å². The molecular formula is C14H22BrN3OS. The predicted octanol–water partition coefficient (Wildman–Crippen LogP) is 2.45. The van der Waals surface area contributed by atoms with Gasteiger partial charge in [0.2, 0.25) is 5.91 Å². The molecule has 2 heterocycles. The van der Waals surface area contributed by atoms with E-state index in [0.29, 0.717) is 6.54 Å². The van der Waals surface area contributed by atoms with E-state index in [1.807, 2.05) is 24.9 Å². The van der Waals surface area contributed by atoms with Gasteiger partial charge in [-0.05, 0) is 54.9 Å². The van der Waals surface area contributed by atoms with Crippen LogP contribution in [0.1, 0.15) is 30.7 Å². The molecular weight excluding hydrogens is 338 g/mol. The van der Waals surface area contributed by atoms with Crippen molar-refractivity contribution in [2.45, 2.75) is 31.8 Å². The molecule has 20 heavy (non-hydrogen) atoms. The number of nitrogens with zero attached hydrogens (tertiary/aromatic N) is 2. The van der Waals surface area contributed by atoms with E-state index < -0.39 is 0 Å². The van der Waals surface area contributed by atoms with Crippen molar-refractivity contribution in [3.8, 4) is 0 Å². The number of hydrogen-bond acceptors (Lipinski definition) is 4. The van der Waals surface area contributed by atoms with E-state index >= 15 is 0 Å². The summed E-state index contributed by atoms with van der Waals surface area (Å²) < 4.78 is 1.09. The average molecular weight is 360 g/mol. The molecule has 112 valence electrons. The van der Waals surface area contributed by atoms with Crippen LogP contribution >= 0.6 is 27.3 Å². The molecule has 2 rings (SSSR count). The fourth-order valence-corrected chi connectivity index (χ4v) is 4.45. The third-order valence-electron chi connectivity index (χ3n) is 3.70. The van der Waals surface area contributed by atoms with Gasteiger partial charge in [0.15, 0.2) is 0 Å². The van der Waals surface area contributed by atoms with Crippen molar-refractivity contribution in [1.82, 2.24) is 9.80 Å². The van der Waals surface area contributed by atoms with Crippen LogP contribution in [0.2, 0.25) is 0 Å². The van der Waals surface area contributed by atoms with Gasteiger partial charge in [0.05, 0.1) is 16.4 Å². The first-order valence-electron chi connectivity index (χ1n) is 6.98. The topological polar surface area (TPSA) is 49.6 Å². The number of halogens is 1. The molecule has 2 N–H and O–H groups in total. The molecule has 0 aliphatic carbocycles. The van der Waals surface area contributed by atoms with Crippen molar-refractivity contribution in [2.24, 2.45) is 5.73 Å². The number of hydrogen-bond donors (Lipinski definition) is 1. The standard InChI is InChI=1S/C14H22BrN3OS/c1-10(16)14(11-5-6-12(15)20-11)17(2)9-13(19)18-7-3-4-8-18/h5-6,10,14H,3-4,7-9,16H2,1-2H3. The molecule has 0 saturated carbocycles. The summed E-state index contributed by atoms with van der Waals surface area (Å²) in [5.74, 6) is 0.214. The third kappa shape index (κ3) is 3.81. The number of amides is 1. The van der Waals surface area contributed by atoms with Crippen molar-refractivity contribution in [1.29, 1.82) is 0 Å². The number of likely N-dealkylation sites (N-methyl/N-ethyl adjacent to an activating group) is 1.